The van der Waals surface area contributed by atoms with Crippen molar-refractivity contribution in [2.45, 2.75) is 26.2 Å². The molecular formula is C17H13BrClF4N5O. The van der Waals surface area contributed by atoms with E-state index in [4.69, 9.17) is 11.6 Å². The van der Waals surface area contributed by atoms with Crippen LogP contribution in [0.5, 0.6) is 0 Å². The van der Waals surface area contributed by atoms with E-state index >= 15 is 0 Å². The Morgan fingerprint density at radius 1 is 1.31 bits per heavy atom. The standard InChI is InChI=1S/C17H13BrClF4N5O/c1-9-5-14(17(21,22)23)28(25-9)8-15(29)24-16-11(18)7-27(26-16)6-10-12(19)3-2-4-13(10)20/h2-5,7H,6,8H2,1H3,(H,24,26,29). The number of nitrogens with zero attached hydrogens (tertiary/aromatic N) is 4. The van der Waals surface area contributed by atoms with Crippen LogP contribution >= 0.6 is 27.5 Å². The van der Waals surface area contributed by atoms with Gasteiger partial charge in [-0.3, -0.25) is 14.2 Å². The summed E-state index contributed by atoms with van der Waals surface area (Å²) in [6.45, 7) is 0.743. The Balaban J connectivity index is 1.74. The molecule has 1 amide bonds. The molecule has 3 rings (SSSR count). The molecule has 0 aliphatic rings. The maximum Gasteiger partial charge on any atom is 0.433 e. The number of anilines is 1. The van der Waals surface area contributed by atoms with Gasteiger partial charge in [-0.2, -0.15) is 23.4 Å². The van der Waals surface area contributed by atoms with Gasteiger partial charge < -0.3 is 5.32 Å². The normalized spacial score (nSPS) is 11.7. The van der Waals surface area contributed by atoms with Gasteiger partial charge in [0.2, 0.25) is 5.91 Å². The molecule has 0 fully saturated rings. The molecule has 0 saturated carbocycles. The van der Waals surface area contributed by atoms with Gasteiger partial charge in [0.1, 0.15) is 18.1 Å². The molecule has 0 saturated heterocycles. The molecule has 0 radical (unpaired) electrons. The number of hydrogen-bond donors (Lipinski definition) is 1. The molecule has 2 heterocycles. The molecule has 0 spiro atoms. The number of carbonyl (C=O) groups excluding carboxylic acids is 1. The van der Waals surface area contributed by atoms with E-state index in [0.717, 1.165) is 6.07 Å². The number of nitrogens with one attached hydrogen (secondary N) is 1. The molecule has 0 atom stereocenters. The molecule has 2 aromatic heterocycles. The summed E-state index contributed by atoms with van der Waals surface area (Å²) < 4.78 is 55.3. The number of amides is 1. The topological polar surface area (TPSA) is 64.7 Å². The first-order chi connectivity index (χ1) is 13.5. The molecule has 1 aromatic carbocycles. The van der Waals surface area contributed by atoms with E-state index in [1.54, 1.807) is 0 Å². The first-order valence-electron chi connectivity index (χ1n) is 8.12. The van der Waals surface area contributed by atoms with Crippen molar-refractivity contribution in [3.05, 3.63) is 62.7 Å². The lowest BCUT2D eigenvalue weighted by atomic mass is 10.2. The minimum atomic E-state index is -4.64. The number of aryl methyl sites for hydroxylation is 1. The van der Waals surface area contributed by atoms with E-state index in [9.17, 15) is 22.4 Å². The Hall–Kier alpha value is -2.40. The SMILES string of the molecule is Cc1cc(C(F)(F)F)n(CC(=O)Nc2nn(Cc3c(F)cccc3Cl)cc2Br)n1. The van der Waals surface area contributed by atoms with Gasteiger partial charge in [0.15, 0.2) is 5.82 Å². The predicted molar refractivity (Wildman–Crippen MR) is 101 cm³/mol. The highest BCUT2D eigenvalue weighted by Crippen LogP contribution is 2.30. The summed E-state index contributed by atoms with van der Waals surface area (Å²) in [7, 11) is 0. The third-order valence-corrected chi connectivity index (χ3v) is 4.78. The number of rotatable bonds is 5. The lowest BCUT2D eigenvalue weighted by Crippen LogP contribution is -2.24. The van der Waals surface area contributed by atoms with Crippen LogP contribution in [0.25, 0.3) is 0 Å². The maximum absolute atomic E-state index is 13.9. The summed E-state index contributed by atoms with van der Waals surface area (Å²) >= 11 is 9.19. The van der Waals surface area contributed by atoms with Crippen LogP contribution in [0, 0.1) is 12.7 Å². The number of halogens is 6. The van der Waals surface area contributed by atoms with Crippen molar-refractivity contribution in [1.82, 2.24) is 19.6 Å². The van der Waals surface area contributed by atoms with Crippen LogP contribution in [0.15, 0.2) is 34.9 Å². The minimum Gasteiger partial charge on any atom is -0.307 e. The van der Waals surface area contributed by atoms with Crippen LogP contribution < -0.4 is 5.32 Å². The highest BCUT2D eigenvalue weighted by atomic mass is 79.9. The summed E-state index contributed by atoms with van der Waals surface area (Å²) in [5.74, 6) is -1.20. The first kappa shape index (κ1) is 21.3. The van der Waals surface area contributed by atoms with Crippen LogP contribution in [0.4, 0.5) is 23.4 Å². The fourth-order valence-corrected chi connectivity index (χ4v) is 3.25. The van der Waals surface area contributed by atoms with Crippen molar-refractivity contribution in [2.75, 3.05) is 5.32 Å². The average Bonchev–Trinajstić information content (AvgIpc) is 3.13. The second kappa shape index (κ2) is 8.15. The lowest BCUT2D eigenvalue weighted by molar-refractivity contribution is -0.144. The van der Waals surface area contributed by atoms with Crippen LogP contribution in [0.3, 0.4) is 0 Å². The fourth-order valence-electron chi connectivity index (χ4n) is 2.61. The molecule has 154 valence electrons. The van der Waals surface area contributed by atoms with Gasteiger partial charge >= 0.3 is 6.18 Å². The molecule has 0 bridgehead atoms. The minimum absolute atomic E-state index is 0.00342. The molecule has 0 unspecified atom stereocenters. The van der Waals surface area contributed by atoms with Crippen molar-refractivity contribution in [3.63, 3.8) is 0 Å². The average molecular weight is 495 g/mol. The van der Waals surface area contributed by atoms with E-state index in [1.807, 2.05) is 0 Å². The van der Waals surface area contributed by atoms with Crippen molar-refractivity contribution in [1.29, 1.82) is 0 Å². The van der Waals surface area contributed by atoms with Crippen LogP contribution in [0.2, 0.25) is 5.02 Å². The number of carbonyl (C=O) groups is 1. The highest BCUT2D eigenvalue weighted by Gasteiger charge is 2.35. The van der Waals surface area contributed by atoms with Crippen LogP contribution in [-0.2, 0) is 24.1 Å². The molecule has 0 aliphatic carbocycles. The molecule has 12 heteroatoms. The number of benzene rings is 1. The lowest BCUT2D eigenvalue weighted by Gasteiger charge is -2.10. The predicted octanol–water partition coefficient (Wildman–Crippen LogP) is 4.65. The summed E-state index contributed by atoms with van der Waals surface area (Å²) in [6.07, 6.45) is -3.15. The molecule has 29 heavy (non-hydrogen) atoms. The van der Waals surface area contributed by atoms with Gasteiger partial charge in [0.05, 0.1) is 16.7 Å². The van der Waals surface area contributed by atoms with Crippen molar-refractivity contribution in [2.24, 2.45) is 0 Å². The maximum atomic E-state index is 13.9. The van der Waals surface area contributed by atoms with Gasteiger partial charge in [0, 0.05) is 16.8 Å². The summed E-state index contributed by atoms with van der Waals surface area (Å²) in [4.78, 5) is 12.2. The highest BCUT2D eigenvalue weighted by molar-refractivity contribution is 9.10. The Bertz CT molecular complexity index is 1040. The van der Waals surface area contributed by atoms with E-state index in [0.29, 0.717) is 9.15 Å². The van der Waals surface area contributed by atoms with E-state index < -0.39 is 30.1 Å². The molecule has 0 aliphatic heterocycles. The van der Waals surface area contributed by atoms with Crippen LogP contribution in [0.1, 0.15) is 17.0 Å². The van der Waals surface area contributed by atoms with Gasteiger partial charge in [-0.15, -0.1) is 0 Å². The Labute approximate surface area is 175 Å². The van der Waals surface area contributed by atoms with Crippen molar-refractivity contribution in [3.8, 4) is 0 Å². The quantitative estimate of drug-likeness (QED) is 0.525. The fraction of sp³-hybridized carbons (Fsp3) is 0.235. The number of alkyl halides is 3. The smallest absolute Gasteiger partial charge is 0.307 e. The molecule has 1 N–H and O–H groups in total. The zero-order valence-corrected chi connectivity index (χ0v) is 17.1. The summed E-state index contributed by atoms with van der Waals surface area (Å²) in [5.41, 5.74) is -0.676. The van der Waals surface area contributed by atoms with Gasteiger partial charge in [-0.25, -0.2) is 4.39 Å². The Kier molecular flexibility index (Phi) is 5.99. The first-order valence-corrected chi connectivity index (χ1v) is 9.29. The summed E-state index contributed by atoms with van der Waals surface area (Å²) in [6, 6.07) is 5.12. The van der Waals surface area contributed by atoms with Gasteiger partial charge in [-0.1, -0.05) is 17.7 Å². The van der Waals surface area contributed by atoms with E-state index in [-0.39, 0.29) is 28.6 Å². The van der Waals surface area contributed by atoms with Gasteiger partial charge in [0.25, 0.3) is 0 Å². The third-order valence-electron chi connectivity index (χ3n) is 3.84. The Morgan fingerprint density at radius 2 is 2.03 bits per heavy atom. The summed E-state index contributed by atoms with van der Waals surface area (Å²) in [5, 5.41) is 10.4. The number of hydrogen-bond acceptors (Lipinski definition) is 3. The van der Waals surface area contributed by atoms with Crippen LogP contribution in [-0.4, -0.2) is 25.5 Å². The molecule has 6 nitrogen and oxygen atoms in total. The number of aromatic nitrogens is 4. The van der Waals surface area contributed by atoms with E-state index in [1.165, 1.54) is 36.0 Å². The van der Waals surface area contributed by atoms with Gasteiger partial charge in [-0.05, 0) is 41.1 Å². The molecular weight excluding hydrogens is 482 g/mol. The second-order valence-corrected chi connectivity index (χ2v) is 7.36. The molecule has 3 aromatic rings. The zero-order chi connectivity index (χ0) is 21.3. The van der Waals surface area contributed by atoms with Crippen molar-refractivity contribution < 1.29 is 22.4 Å². The zero-order valence-electron chi connectivity index (χ0n) is 14.8. The largest absolute Gasteiger partial charge is 0.433 e. The van der Waals surface area contributed by atoms with E-state index in [2.05, 4.69) is 31.4 Å². The third kappa shape index (κ3) is 4.96. The van der Waals surface area contributed by atoms with Crippen molar-refractivity contribution >= 4 is 39.3 Å². The second-order valence-electron chi connectivity index (χ2n) is 6.10. The Morgan fingerprint density at radius 3 is 2.69 bits per heavy atom. The monoisotopic (exact) mass is 493 g/mol.